The number of nitrogens with one attached hydrogen (secondary N) is 2. The zero-order valence-corrected chi connectivity index (χ0v) is 13.9. The molecule has 1 rings (SSSR count). The van der Waals surface area contributed by atoms with Gasteiger partial charge in [0.15, 0.2) is 0 Å². The number of carbonyl (C=O) groups excluding carboxylic acids is 1. The molecule has 2 N–H and O–H groups in total. The molecule has 0 unspecified atom stereocenters. The van der Waals surface area contributed by atoms with Gasteiger partial charge in [-0.15, -0.1) is 0 Å². The van der Waals surface area contributed by atoms with Gasteiger partial charge < -0.3 is 5.32 Å². The van der Waals surface area contributed by atoms with E-state index in [1.165, 1.54) is 12.1 Å². The number of rotatable bonds is 7. The van der Waals surface area contributed by atoms with Crippen molar-refractivity contribution < 1.29 is 13.2 Å². The summed E-state index contributed by atoms with van der Waals surface area (Å²) in [6.45, 7) is 4.67. The molecule has 0 atom stereocenters. The second-order valence-corrected chi connectivity index (χ2v) is 7.48. The van der Waals surface area contributed by atoms with Crippen molar-refractivity contribution in [2.24, 2.45) is 5.92 Å². The predicted molar refractivity (Wildman–Crippen MR) is 81.8 cm³/mol. The average Bonchev–Trinajstić information content (AvgIpc) is 2.36. The molecule has 0 saturated heterocycles. The first-order valence-corrected chi connectivity index (χ1v) is 8.61. The highest BCUT2D eigenvalue weighted by Crippen LogP contribution is 2.14. The molecule has 0 heterocycles. The van der Waals surface area contributed by atoms with Crippen LogP contribution >= 0.6 is 15.9 Å². The summed E-state index contributed by atoms with van der Waals surface area (Å²) in [6.07, 6.45) is 0.127. The summed E-state index contributed by atoms with van der Waals surface area (Å²) in [5.41, 5.74) is 0. The lowest BCUT2D eigenvalue weighted by atomic mass is 10.2. The lowest BCUT2D eigenvalue weighted by Gasteiger charge is -2.09. The maximum Gasteiger partial charge on any atom is 0.240 e. The summed E-state index contributed by atoms with van der Waals surface area (Å²) in [5.74, 6) is 0.218. The molecular weight excluding hydrogens is 344 g/mol. The molecule has 5 nitrogen and oxygen atoms in total. The average molecular weight is 363 g/mol. The van der Waals surface area contributed by atoms with Gasteiger partial charge >= 0.3 is 0 Å². The molecule has 0 fully saturated rings. The highest BCUT2D eigenvalue weighted by Gasteiger charge is 2.13. The van der Waals surface area contributed by atoms with Crippen LogP contribution in [0.3, 0.4) is 0 Å². The number of hydrogen-bond donors (Lipinski definition) is 2. The van der Waals surface area contributed by atoms with Crippen molar-refractivity contribution in [3.05, 3.63) is 28.7 Å². The maximum absolute atomic E-state index is 11.9. The van der Waals surface area contributed by atoms with Crippen LogP contribution in [0.1, 0.15) is 20.3 Å². The minimum Gasteiger partial charge on any atom is -0.356 e. The molecule has 112 valence electrons. The van der Waals surface area contributed by atoms with Crippen LogP contribution in [-0.4, -0.2) is 27.4 Å². The molecule has 20 heavy (non-hydrogen) atoms. The van der Waals surface area contributed by atoms with Crippen LogP contribution in [0.4, 0.5) is 0 Å². The summed E-state index contributed by atoms with van der Waals surface area (Å²) in [6, 6.07) is 6.32. The summed E-state index contributed by atoms with van der Waals surface area (Å²) < 4.78 is 27.1. The number of amides is 1. The van der Waals surface area contributed by atoms with Gasteiger partial charge in [-0.2, -0.15) is 0 Å². The molecule has 0 spiro atoms. The number of halogens is 1. The molecule has 0 aliphatic carbocycles. The Hall–Kier alpha value is -0.920. The topological polar surface area (TPSA) is 75.3 Å². The molecule has 0 aliphatic heterocycles. The minimum absolute atomic E-state index is 0.0856. The fourth-order valence-corrected chi connectivity index (χ4v) is 2.70. The smallest absolute Gasteiger partial charge is 0.240 e. The summed E-state index contributed by atoms with van der Waals surface area (Å²) in [7, 11) is -3.55. The first-order chi connectivity index (χ1) is 9.31. The molecule has 1 aromatic carbocycles. The van der Waals surface area contributed by atoms with Crippen LogP contribution in [0.25, 0.3) is 0 Å². The molecule has 0 radical (unpaired) electrons. The van der Waals surface area contributed by atoms with E-state index in [1.807, 2.05) is 13.8 Å². The van der Waals surface area contributed by atoms with Crippen molar-refractivity contribution in [2.45, 2.75) is 25.2 Å². The Bertz CT molecular complexity index is 541. The third-order valence-corrected chi connectivity index (χ3v) is 4.48. The molecule has 0 saturated carbocycles. The molecule has 7 heteroatoms. The Morgan fingerprint density at radius 1 is 1.25 bits per heavy atom. The fourth-order valence-electron chi connectivity index (χ4n) is 1.40. The van der Waals surface area contributed by atoms with Crippen molar-refractivity contribution in [2.75, 3.05) is 13.1 Å². The Morgan fingerprint density at radius 3 is 2.40 bits per heavy atom. The normalized spacial score (nSPS) is 11.6. The van der Waals surface area contributed by atoms with Gasteiger partial charge in [0.25, 0.3) is 0 Å². The lowest BCUT2D eigenvalue weighted by molar-refractivity contribution is -0.121. The van der Waals surface area contributed by atoms with Crippen molar-refractivity contribution in [3.8, 4) is 0 Å². The Kier molecular flexibility index (Phi) is 6.64. The van der Waals surface area contributed by atoms with E-state index in [4.69, 9.17) is 0 Å². The van der Waals surface area contributed by atoms with Gasteiger partial charge in [-0.05, 0) is 30.2 Å². The lowest BCUT2D eigenvalue weighted by Crippen LogP contribution is -2.32. The minimum atomic E-state index is -3.55. The number of benzene rings is 1. The van der Waals surface area contributed by atoms with Gasteiger partial charge in [0.2, 0.25) is 15.9 Å². The van der Waals surface area contributed by atoms with E-state index in [-0.39, 0.29) is 23.8 Å². The highest BCUT2D eigenvalue weighted by atomic mass is 79.9. The molecule has 0 bridgehead atoms. The summed E-state index contributed by atoms with van der Waals surface area (Å²) >= 11 is 3.24. The molecule has 0 aliphatic rings. The van der Waals surface area contributed by atoms with E-state index in [1.54, 1.807) is 12.1 Å². The molecular formula is C13H19BrN2O3S. The van der Waals surface area contributed by atoms with Crippen LogP contribution in [0, 0.1) is 5.92 Å². The van der Waals surface area contributed by atoms with E-state index in [0.29, 0.717) is 12.5 Å². The fraction of sp³-hybridized carbons (Fsp3) is 0.462. The second-order valence-electron chi connectivity index (χ2n) is 4.80. The first kappa shape index (κ1) is 17.1. The highest BCUT2D eigenvalue weighted by molar-refractivity contribution is 9.10. The Morgan fingerprint density at radius 2 is 1.85 bits per heavy atom. The van der Waals surface area contributed by atoms with Crippen LogP contribution in [0.15, 0.2) is 33.6 Å². The van der Waals surface area contributed by atoms with Crippen molar-refractivity contribution in [1.29, 1.82) is 0 Å². The SMILES string of the molecule is CC(C)CNC(=O)CCNS(=O)(=O)c1ccc(Br)cc1. The van der Waals surface area contributed by atoms with Crippen LogP contribution in [0.2, 0.25) is 0 Å². The van der Waals surface area contributed by atoms with Gasteiger partial charge in [0, 0.05) is 24.0 Å². The number of sulfonamides is 1. The quantitative estimate of drug-likeness (QED) is 0.777. The monoisotopic (exact) mass is 362 g/mol. The molecule has 0 aromatic heterocycles. The van der Waals surface area contributed by atoms with Crippen LogP contribution < -0.4 is 10.0 Å². The van der Waals surface area contributed by atoms with Crippen molar-refractivity contribution in [1.82, 2.24) is 10.0 Å². The number of hydrogen-bond acceptors (Lipinski definition) is 3. The van der Waals surface area contributed by atoms with Gasteiger partial charge in [-0.25, -0.2) is 13.1 Å². The zero-order chi connectivity index (χ0) is 15.2. The maximum atomic E-state index is 11.9. The first-order valence-electron chi connectivity index (χ1n) is 6.33. The Labute approximate surface area is 128 Å². The van der Waals surface area contributed by atoms with E-state index >= 15 is 0 Å². The molecule has 1 amide bonds. The summed E-state index contributed by atoms with van der Waals surface area (Å²) in [5, 5.41) is 2.74. The second kappa shape index (κ2) is 7.75. The Balaban J connectivity index is 2.44. The largest absolute Gasteiger partial charge is 0.356 e. The third kappa shape index (κ3) is 6.02. The van der Waals surface area contributed by atoms with E-state index in [2.05, 4.69) is 26.0 Å². The van der Waals surface area contributed by atoms with Crippen LogP contribution in [0.5, 0.6) is 0 Å². The van der Waals surface area contributed by atoms with E-state index in [0.717, 1.165) is 4.47 Å². The molecule has 1 aromatic rings. The van der Waals surface area contributed by atoms with Crippen molar-refractivity contribution >= 4 is 31.9 Å². The number of carbonyl (C=O) groups is 1. The van der Waals surface area contributed by atoms with Gasteiger partial charge in [-0.1, -0.05) is 29.8 Å². The van der Waals surface area contributed by atoms with Crippen molar-refractivity contribution in [3.63, 3.8) is 0 Å². The third-order valence-electron chi connectivity index (χ3n) is 2.48. The summed E-state index contributed by atoms with van der Waals surface area (Å²) in [4.78, 5) is 11.6. The predicted octanol–water partition coefficient (Wildman–Crippen LogP) is 1.89. The van der Waals surface area contributed by atoms with Gasteiger partial charge in [0.05, 0.1) is 4.90 Å². The zero-order valence-electron chi connectivity index (χ0n) is 11.5. The van der Waals surface area contributed by atoms with Gasteiger partial charge in [-0.3, -0.25) is 4.79 Å². The van der Waals surface area contributed by atoms with Gasteiger partial charge in [0.1, 0.15) is 0 Å². The standard InChI is InChI=1S/C13H19BrN2O3S/c1-10(2)9-15-13(17)7-8-16-20(18,19)12-5-3-11(14)4-6-12/h3-6,10,16H,7-9H2,1-2H3,(H,15,17). The van der Waals surface area contributed by atoms with Crippen LogP contribution in [-0.2, 0) is 14.8 Å². The van der Waals surface area contributed by atoms with E-state index in [9.17, 15) is 13.2 Å². The van der Waals surface area contributed by atoms with E-state index < -0.39 is 10.0 Å².